The summed E-state index contributed by atoms with van der Waals surface area (Å²) in [5.74, 6) is 0.0325. The largest absolute Gasteiger partial charge is 0.326 e. The first kappa shape index (κ1) is 18.4. The summed E-state index contributed by atoms with van der Waals surface area (Å²) < 4.78 is 0. The monoisotopic (exact) mass is 303 g/mol. The van der Waals surface area contributed by atoms with Crippen LogP contribution in [-0.2, 0) is 10.2 Å². The second-order valence-electron chi connectivity index (χ2n) is 6.89. The van der Waals surface area contributed by atoms with Gasteiger partial charge in [0.15, 0.2) is 0 Å². The second-order valence-corrected chi connectivity index (χ2v) is 6.89. The maximum atomic E-state index is 12.1. The molecule has 0 heterocycles. The van der Waals surface area contributed by atoms with E-state index in [4.69, 9.17) is 0 Å². The third-order valence-corrected chi connectivity index (χ3v) is 3.77. The zero-order valence-corrected chi connectivity index (χ0v) is 14.4. The lowest BCUT2D eigenvalue weighted by molar-refractivity contribution is -0.116. The highest BCUT2D eigenvalue weighted by Crippen LogP contribution is 2.30. The van der Waals surface area contributed by atoms with Crippen molar-refractivity contribution < 1.29 is 9.59 Å². The predicted molar refractivity (Wildman–Crippen MR) is 92.5 cm³/mol. The van der Waals surface area contributed by atoms with Crippen LogP contribution in [0, 0.1) is 0 Å². The number of hydrogen-bond acceptors (Lipinski definition) is 2. The number of nitrogens with one attached hydrogen (secondary N) is 1. The number of aldehydes is 1. The fourth-order valence-electron chi connectivity index (χ4n) is 2.49. The number of unbranched alkanes of at least 4 members (excludes halogenated alkanes) is 4. The van der Waals surface area contributed by atoms with Gasteiger partial charge in [-0.3, -0.25) is 9.59 Å². The van der Waals surface area contributed by atoms with Crippen LogP contribution in [0.3, 0.4) is 0 Å². The molecule has 3 nitrogen and oxygen atoms in total. The minimum atomic E-state index is -0.0782. The molecule has 1 rings (SSSR count). The molecule has 22 heavy (non-hydrogen) atoms. The van der Waals surface area contributed by atoms with Gasteiger partial charge >= 0.3 is 0 Å². The van der Waals surface area contributed by atoms with Crippen LogP contribution >= 0.6 is 0 Å². The van der Waals surface area contributed by atoms with E-state index in [-0.39, 0.29) is 11.3 Å². The molecule has 0 aliphatic rings. The molecule has 0 saturated heterocycles. The zero-order chi connectivity index (χ0) is 16.6. The van der Waals surface area contributed by atoms with Gasteiger partial charge < -0.3 is 5.32 Å². The van der Waals surface area contributed by atoms with Gasteiger partial charge in [0, 0.05) is 17.7 Å². The van der Waals surface area contributed by atoms with Gasteiger partial charge in [0.25, 0.3) is 0 Å². The fraction of sp³-hybridized carbons (Fsp3) is 0.579. The lowest BCUT2D eigenvalue weighted by Gasteiger charge is -2.23. The Labute approximate surface area is 134 Å². The summed E-state index contributed by atoms with van der Waals surface area (Å²) in [5.41, 5.74) is 2.32. The molecule has 0 saturated carbocycles. The Morgan fingerprint density at radius 1 is 1.14 bits per heavy atom. The van der Waals surface area contributed by atoms with Crippen LogP contribution in [0.25, 0.3) is 0 Å². The number of benzene rings is 1. The molecule has 1 aromatic rings. The molecule has 3 heteroatoms. The summed E-state index contributed by atoms with van der Waals surface area (Å²) in [5, 5.41) is 2.98. The highest BCUT2D eigenvalue weighted by Gasteiger charge is 2.19. The molecule has 0 aliphatic carbocycles. The first-order valence-corrected chi connectivity index (χ1v) is 8.28. The maximum absolute atomic E-state index is 12.1. The van der Waals surface area contributed by atoms with E-state index in [1.165, 1.54) is 19.3 Å². The van der Waals surface area contributed by atoms with Gasteiger partial charge in [0.1, 0.15) is 6.29 Å². The van der Waals surface area contributed by atoms with E-state index in [1.807, 2.05) is 6.07 Å². The average Bonchev–Trinajstić information content (AvgIpc) is 2.45. The van der Waals surface area contributed by atoms with Crippen LogP contribution in [-0.4, -0.2) is 12.2 Å². The Morgan fingerprint density at radius 2 is 1.82 bits per heavy atom. The molecule has 1 N–H and O–H groups in total. The number of hydrogen-bond donors (Lipinski definition) is 1. The van der Waals surface area contributed by atoms with Crippen molar-refractivity contribution in [2.24, 2.45) is 0 Å². The number of carbonyl (C=O) groups is 2. The maximum Gasteiger partial charge on any atom is 0.224 e. The normalized spacial score (nSPS) is 11.3. The molecular weight excluding hydrogens is 274 g/mol. The molecule has 0 aliphatic heterocycles. The van der Waals surface area contributed by atoms with Gasteiger partial charge in [-0.1, -0.05) is 65.5 Å². The Hall–Kier alpha value is -1.64. The van der Waals surface area contributed by atoms with Crippen LogP contribution in [0.15, 0.2) is 18.2 Å². The van der Waals surface area contributed by atoms with Gasteiger partial charge in [0.05, 0.1) is 0 Å². The summed E-state index contributed by atoms with van der Waals surface area (Å²) >= 11 is 0. The SMILES string of the molecule is CCCCCCCC(=O)Nc1cc(C=O)ccc1C(C)(C)C. The van der Waals surface area contributed by atoms with Crippen molar-refractivity contribution in [3.8, 4) is 0 Å². The van der Waals surface area contributed by atoms with Gasteiger partial charge in [-0.2, -0.15) is 0 Å². The third kappa shape index (κ3) is 6.00. The van der Waals surface area contributed by atoms with Crippen molar-refractivity contribution in [3.63, 3.8) is 0 Å². The highest BCUT2D eigenvalue weighted by atomic mass is 16.1. The molecule has 1 aromatic carbocycles. The van der Waals surface area contributed by atoms with Crippen LogP contribution in [0.5, 0.6) is 0 Å². The van der Waals surface area contributed by atoms with Gasteiger partial charge in [-0.15, -0.1) is 0 Å². The second kappa shape index (κ2) is 8.72. The highest BCUT2D eigenvalue weighted by molar-refractivity contribution is 5.93. The van der Waals surface area contributed by atoms with Crippen LogP contribution in [0.4, 0.5) is 5.69 Å². The molecule has 0 radical (unpaired) electrons. The number of anilines is 1. The predicted octanol–water partition coefficient (Wildman–Crippen LogP) is 5.10. The molecule has 0 fully saturated rings. The summed E-state index contributed by atoms with van der Waals surface area (Å²) in [4.78, 5) is 23.1. The summed E-state index contributed by atoms with van der Waals surface area (Å²) in [6.07, 6.45) is 7.01. The Bertz CT molecular complexity index is 501. The van der Waals surface area contributed by atoms with Crippen molar-refractivity contribution in [2.75, 3.05) is 5.32 Å². The average molecular weight is 303 g/mol. The van der Waals surface area contributed by atoms with Crippen molar-refractivity contribution in [2.45, 2.75) is 71.6 Å². The summed E-state index contributed by atoms with van der Waals surface area (Å²) in [6, 6.07) is 5.50. The van der Waals surface area contributed by atoms with E-state index in [1.54, 1.807) is 12.1 Å². The molecule has 122 valence electrons. The Kier molecular flexibility index (Phi) is 7.30. The lowest BCUT2D eigenvalue weighted by atomic mass is 9.85. The smallest absolute Gasteiger partial charge is 0.224 e. The minimum Gasteiger partial charge on any atom is -0.326 e. The molecule has 0 unspecified atom stereocenters. The molecule has 1 amide bonds. The molecule has 0 spiro atoms. The molecule has 0 aromatic heterocycles. The molecule has 0 atom stereocenters. The minimum absolute atomic E-state index is 0.0325. The third-order valence-electron chi connectivity index (χ3n) is 3.77. The van der Waals surface area contributed by atoms with Crippen LogP contribution < -0.4 is 5.32 Å². The van der Waals surface area contributed by atoms with E-state index < -0.39 is 0 Å². The van der Waals surface area contributed by atoms with E-state index in [0.29, 0.717) is 12.0 Å². The van der Waals surface area contributed by atoms with Gasteiger partial charge in [-0.25, -0.2) is 0 Å². The van der Waals surface area contributed by atoms with E-state index in [0.717, 1.165) is 30.4 Å². The van der Waals surface area contributed by atoms with Gasteiger partial charge in [0.2, 0.25) is 5.91 Å². The fourth-order valence-corrected chi connectivity index (χ4v) is 2.49. The Balaban J connectivity index is 2.70. The quantitative estimate of drug-likeness (QED) is 0.536. The number of rotatable bonds is 8. The first-order chi connectivity index (χ1) is 10.4. The summed E-state index contributed by atoms with van der Waals surface area (Å²) in [7, 11) is 0. The standard InChI is InChI=1S/C19H29NO2/c1-5-6-7-8-9-10-18(22)20-17-13-15(14-21)11-12-16(17)19(2,3)4/h11-14H,5-10H2,1-4H3,(H,20,22). The topological polar surface area (TPSA) is 46.2 Å². The van der Waals surface area contributed by atoms with Crippen molar-refractivity contribution in [1.29, 1.82) is 0 Å². The van der Waals surface area contributed by atoms with Gasteiger partial charge in [-0.05, 0) is 23.5 Å². The van der Waals surface area contributed by atoms with Crippen LogP contribution in [0.2, 0.25) is 0 Å². The van der Waals surface area contributed by atoms with Crippen molar-refractivity contribution >= 4 is 17.9 Å². The van der Waals surface area contributed by atoms with Crippen molar-refractivity contribution in [1.82, 2.24) is 0 Å². The van der Waals surface area contributed by atoms with Crippen molar-refractivity contribution in [3.05, 3.63) is 29.3 Å². The number of carbonyl (C=O) groups excluding carboxylic acids is 2. The Morgan fingerprint density at radius 3 is 2.41 bits per heavy atom. The van der Waals surface area contributed by atoms with E-state index >= 15 is 0 Å². The van der Waals surface area contributed by atoms with E-state index in [2.05, 4.69) is 33.0 Å². The zero-order valence-electron chi connectivity index (χ0n) is 14.4. The summed E-state index contributed by atoms with van der Waals surface area (Å²) in [6.45, 7) is 8.48. The number of amides is 1. The lowest BCUT2D eigenvalue weighted by Crippen LogP contribution is -2.18. The molecule has 0 bridgehead atoms. The van der Waals surface area contributed by atoms with Crippen LogP contribution in [0.1, 0.15) is 82.1 Å². The first-order valence-electron chi connectivity index (χ1n) is 8.28. The van der Waals surface area contributed by atoms with E-state index in [9.17, 15) is 9.59 Å². The molecular formula is C19H29NO2.